The van der Waals surface area contributed by atoms with E-state index in [1.807, 2.05) is 18.2 Å². The van der Waals surface area contributed by atoms with E-state index < -0.39 is 6.10 Å². The summed E-state index contributed by atoms with van der Waals surface area (Å²) in [6.07, 6.45) is 5.48. The zero-order valence-corrected chi connectivity index (χ0v) is 11.0. The van der Waals surface area contributed by atoms with E-state index in [9.17, 15) is 9.90 Å². The Morgan fingerprint density at radius 1 is 1.28 bits per heavy atom. The highest BCUT2D eigenvalue weighted by atomic mass is 32.1. The van der Waals surface area contributed by atoms with Gasteiger partial charge in [-0.2, -0.15) is 0 Å². The van der Waals surface area contributed by atoms with Crippen LogP contribution in [0.15, 0.2) is 23.0 Å². The summed E-state index contributed by atoms with van der Waals surface area (Å²) in [7, 11) is 0. The molecule has 0 amide bonds. The van der Waals surface area contributed by atoms with Gasteiger partial charge in [0.05, 0.1) is 16.2 Å². The number of hydrogen-bond acceptors (Lipinski definition) is 3. The highest BCUT2D eigenvalue weighted by molar-refractivity contribution is 7.13. The Bertz CT molecular complexity index is 595. The molecule has 1 aromatic heterocycles. The first-order valence-electron chi connectivity index (χ1n) is 6.55. The zero-order chi connectivity index (χ0) is 12.5. The lowest BCUT2D eigenvalue weighted by Gasteiger charge is -2.26. The van der Waals surface area contributed by atoms with Crippen molar-refractivity contribution in [1.29, 1.82) is 0 Å². The van der Waals surface area contributed by atoms with Gasteiger partial charge in [-0.15, -0.1) is 0 Å². The van der Waals surface area contributed by atoms with E-state index in [1.54, 1.807) is 0 Å². The third kappa shape index (κ3) is 2.10. The van der Waals surface area contributed by atoms with Crippen LogP contribution < -0.4 is 5.56 Å². The number of aromatic amines is 1. The summed E-state index contributed by atoms with van der Waals surface area (Å²) in [4.78, 5) is 11.6. The molecule has 1 unspecified atom stereocenters. The number of aliphatic hydroxyl groups is 1. The summed E-state index contributed by atoms with van der Waals surface area (Å²) in [5, 5.41) is 11.1. The van der Waals surface area contributed by atoms with Gasteiger partial charge in [-0.25, -0.2) is 0 Å². The third-order valence-corrected chi connectivity index (χ3v) is 4.80. The van der Waals surface area contributed by atoms with Crippen LogP contribution in [0.2, 0.25) is 0 Å². The second-order valence-electron chi connectivity index (χ2n) is 5.13. The summed E-state index contributed by atoms with van der Waals surface area (Å²) in [5.41, 5.74) is 0.839. The predicted molar refractivity (Wildman–Crippen MR) is 74.0 cm³/mol. The van der Waals surface area contributed by atoms with Crippen LogP contribution in [-0.4, -0.2) is 9.48 Å². The first-order valence-corrected chi connectivity index (χ1v) is 7.36. The maximum atomic E-state index is 11.6. The monoisotopic (exact) mass is 263 g/mol. The predicted octanol–water partition coefficient (Wildman–Crippen LogP) is 3.20. The fraction of sp³-hybridized carbons (Fsp3) is 0.500. The first kappa shape index (κ1) is 11.9. The van der Waals surface area contributed by atoms with Gasteiger partial charge in [-0.05, 0) is 36.5 Å². The van der Waals surface area contributed by atoms with Crippen molar-refractivity contribution in [3.05, 3.63) is 34.1 Å². The van der Waals surface area contributed by atoms with E-state index in [4.69, 9.17) is 0 Å². The van der Waals surface area contributed by atoms with E-state index >= 15 is 0 Å². The van der Waals surface area contributed by atoms with Gasteiger partial charge < -0.3 is 5.11 Å². The number of fused-ring (bicyclic) bond motifs is 1. The van der Waals surface area contributed by atoms with Crippen molar-refractivity contribution >= 4 is 21.6 Å². The van der Waals surface area contributed by atoms with Gasteiger partial charge in [0, 0.05) is 0 Å². The number of H-pyrrole nitrogens is 1. The highest BCUT2D eigenvalue weighted by Crippen LogP contribution is 2.35. The fourth-order valence-electron chi connectivity index (χ4n) is 2.88. The second kappa shape index (κ2) is 4.86. The molecule has 3 nitrogen and oxygen atoms in total. The van der Waals surface area contributed by atoms with Crippen LogP contribution in [0.1, 0.15) is 43.8 Å². The molecule has 3 rings (SSSR count). The van der Waals surface area contributed by atoms with Crippen LogP contribution in [0, 0.1) is 5.92 Å². The Balaban J connectivity index is 1.92. The number of aliphatic hydroxyl groups excluding tert-OH is 1. The molecule has 1 aromatic carbocycles. The topological polar surface area (TPSA) is 53.1 Å². The summed E-state index contributed by atoms with van der Waals surface area (Å²) < 4.78 is 3.68. The van der Waals surface area contributed by atoms with Gasteiger partial charge in [-0.3, -0.25) is 9.17 Å². The minimum Gasteiger partial charge on any atom is -0.388 e. The second-order valence-corrected chi connectivity index (χ2v) is 5.98. The lowest BCUT2D eigenvalue weighted by Crippen LogP contribution is -2.16. The van der Waals surface area contributed by atoms with Gasteiger partial charge in [0.1, 0.15) is 0 Å². The van der Waals surface area contributed by atoms with Gasteiger partial charge >= 0.3 is 0 Å². The Morgan fingerprint density at radius 2 is 2.06 bits per heavy atom. The molecule has 0 radical (unpaired) electrons. The van der Waals surface area contributed by atoms with E-state index in [0.29, 0.717) is 11.3 Å². The molecule has 2 aromatic rings. The van der Waals surface area contributed by atoms with Crippen molar-refractivity contribution in [2.75, 3.05) is 0 Å². The fourth-order valence-corrected chi connectivity index (χ4v) is 3.59. The Morgan fingerprint density at radius 3 is 2.83 bits per heavy atom. The average molecular weight is 263 g/mol. The highest BCUT2D eigenvalue weighted by Gasteiger charge is 2.23. The normalized spacial score (nSPS) is 19.2. The maximum absolute atomic E-state index is 11.6. The average Bonchev–Trinajstić information content (AvgIpc) is 2.80. The molecule has 0 aliphatic heterocycles. The molecule has 4 heteroatoms. The molecule has 0 spiro atoms. The first-order chi connectivity index (χ1) is 8.75. The molecule has 2 N–H and O–H groups in total. The molecule has 1 saturated carbocycles. The smallest absolute Gasteiger partial charge is 0.265 e. The summed E-state index contributed by atoms with van der Waals surface area (Å²) in [6.45, 7) is 0. The molecule has 1 aliphatic carbocycles. The standard InChI is InChI=1S/C14H17NO2S/c16-13(9-4-2-1-3-5-9)10-6-7-12-11(8-10)14(17)15-18-12/h6-9,13,16H,1-5H2,(H,15,17). The molecule has 0 saturated heterocycles. The molecular weight excluding hydrogens is 246 g/mol. The van der Waals surface area contributed by atoms with Crippen molar-refractivity contribution in [3.8, 4) is 0 Å². The van der Waals surface area contributed by atoms with Crippen LogP contribution in [-0.2, 0) is 0 Å². The van der Waals surface area contributed by atoms with Gasteiger partial charge in [-0.1, -0.05) is 36.9 Å². The Hall–Kier alpha value is -1.13. The lowest BCUT2D eigenvalue weighted by atomic mass is 9.82. The molecule has 18 heavy (non-hydrogen) atoms. The summed E-state index contributed by atoms with van der Waals surface area (Å²) in [5.74, 6) is 0.355. The van der Waals surface area contributed by atoms with E-state index in [1.165, 1.54) is 30.8 Å². The number of benzene rings is 1. The quantitative estimate of drug-likeness (QED) is 0.874. The zero-order valence-electron chi connectivity index (χ0n) is 10.2. The van der Waals surface area contributed by atoms with Gasteiger partial charge in [0.25, 0.3) is 5.56 Å². The van der Waals surface area contributed by atoms with E-state index in [-0.39, 0.29) is 5.56 Å². The largest absolute Gasteiger partial charge is 0.388 e. The summed E-state index contributed by atoms with van der Waals surface area (Å²) >= 11 is 1.35. The van der Waals surface area contributed by atoms with Crippen molar-refractivity contribution < 1.29 is 5.11 Å². The van der Waals surface area contributed by atoms with Crippen molar-refractivity contribution in [3.63, 3.8) is 0 Å². The van der Waals surface area contributed by atoms with E-state index in [2.05, 4.69) is 4.37 Å². The molecular formula is C14H17NO2S. The van der Waals surface area contributed by atoms with Crippen LogP contribution in [0.5, 0.6) is 0 Å². The Kier molecular flexibility index (Phi) is 3.22. The molecule has 96 valence electrons. The maximum Gasteiger partial charge on any atom is 0.265 e. The summed E-state index contributed by atoms with van der Waals surface area (Å²) in [6, 6.07) is 5.73. The minimum atomic E-state index is -0.422. The van der Waals surface area contributed by atoms with E-state index in [0.717, 1.165) is 23.1 Å². The van der Waals surface area contributed by atoms with Gasteiger partial charge in [0.2, 0.25) is 0 Å². The number of nitrogens with one attached hydrogen (secondary N) is 1. The van der Waals surface area contributed by atoms with Crippen LogP contribution in [0.4, 0.5) is 0 Å². The minimum absolute atomic E-state index is 0.0484. The molecule has 0 bridgehead atoms. The lowest BCUT2D eigenvalue weighted by molar-refractivity contribution is 0.0849. The number of rotatable bonds is 2. The third-order valence-electron chi connectivity index (χ3n) is 3.94. The van der Waals surface area contributed by atoms with Crippen LogP contribution in [0.25, 0.3) is 10.1 Å². The van der Waals surface area contributed by atoms with Crippen molar-refractivity contribution in [2.45, 2.75) is 38.2 Å². The van der Waals surface area contributed by atoms with Gasteiger partial charge in [0.15, 0.2) is 0 Å². The van der Waals surface area contributed by atoms with Crippen molar-refractivity contribution in [2.24, 2.45) is 5.92 Å². The van der Waals surface area contributed by atoms with Crippen LogP contribution >= 0.6 is 11.5 Å². The SMILES string of the molecule is O=c1[nH]sc2ccc(C(O)C3CCCCC3)cc12. The molecule has 1 fully saturated rings. The Labute approximate surface area is 110 Å². The molecule has 1 aliphatic rings. The number of aromatic nitrogens is 1. The molecule has 1 heterocycles. The van der Waals surface area contributed by atoms with Crippen molar-refractivity contribution in [1.82, 2.24) is 4.37 Å². The molecule has 1 atom stereocenters. The van der Waals surface area contributed by atoms with Crippen LogP contribution in [0.3, 0.4) is 0 Å². The number of hydrogen-bond donors (Lipinski definition) is 2.